The summed E-state index contributed by atoms with van der Waals surface area (Å²) in [6.07, 6.45) is 1.68. The van der Waals surface area contributed by atoms with Gasteiger partial charge in [0.2, 0.25) is 11.8 Å². The molecule has 2 rings (SSSR count). The minimum absolute atomic E-state index is 0.0133. The van der Waals surface area contributed by atoms with E-state index in [-0.39, 0.29) is 45.8 Å². The Hall–Kier alpha value is -1.18. The van der Waals surface area contributed by atoms with Crippen LogP contribution in [0.3, 0.4) is 0 Å². The third-order valence-corrected chi connectivity index (χ3v) is 6.33. The molecule has 7 nitrogen and oxygen atoms in total. The molecular weight excluding hydrogens is 366 g/mol. The number of carbonyl (C=O) groups is 2. The Kier molecular flexibility index (Phi) is 7.08. The molecule has 0 radical (unpaired) electrons. The van der Waals surface area contributed by atoms with Gasteiger partial charge in [-0.05, 0) is 68.2 Å². The molecule has 7 heteroatoms. The van der Waals surface area contributed by atoms with Gasteiger partial charge in [0, 0.05) is 48.3 Å². The maximum absolute atomic E-state index is 12.5. The molecule has 2 unspecified atom stereocenters. The lowest BCUT2D eigenvalue weighted by atomic mass is 9.86. The third kappa shape index (κ3) is 6.40. The fourth-order valence-corrected chi connectivity index (χ4v) is 5.31. The maximum atomic E-state index is 12.5. The highest BCUT2D eigenvalue weighted by molar-refractivity contribution is 5.81. The van der Waals surface area contributed by atoms with Gasteiger partial charge in [0.15, 0.2) is 0 Å². The molecule has 2 fully saturated rings. The van der Waals surface area contributed by atoms with Crippen LogP contribution in [0.15, 0.2) is 0 Å². The lowest BCUT2D eigenvalue weighted by Crippen LogP contribution is -2.49. The van der Waals surface area contributed by atoms with Crippen molar-refractivity contribution in [2.45, 2.75) is 90.4 Å². The fourth-order valence-electron chi connectivity index (χ4n) is 5.31. The van der Waals surface area contributed by atoms with Crippen LogP contribution in [-0.2, 0) is 9.59 Å². The molecule has 2 saturated heterocycles. The van der Waals surface area contributed by atoms with E-state index in [9.17, 15) is 9.59 Å². The molecule has 0 aromatic heterocycles. The van der Waals surface area contributed by atoms with Gasteiger partial charge in [0.1, 0.15) is 0 Å². The summed E-state index contributed by atoms with van der Waals surface area (Å²) in [7, 11) is 0. The van der Waals surface area contributed by atoms with E-state index < -0.39 is 0 Å². The molecule has 2 aliphatic rings. The van der Waals surface area contributed by atoms with Gasteiger partial charge in [0.05, 0.1) is 11.8 Å². The number of rotatable bonds is 8. The Bertz CT molecular complexity index is 560. The van der Waals surface area contributed by atoms with Crippen molar-refractivity contribution in [1.29, 1.82) is 0 Å². The molecule has 2 aliphatic heterocycles. The normalized spacial score (nSPS) is 28.8. The largest absolute Gasteiger partial charge is 0.355 e. The van der Waals surface area contributed by atoms with Gasteiger partial charge in [-0.3, -0.25) is 9.59 Å². The van der Waals surface area contributed by atoms with Crippen LogP contribution in [-0.4, -0.2) is 60.1 Å². The summed E-state index contributed by atoms with van der Waals surface area (Å²) in [6, 6.07) is 0. The Morgan fingerprint density at radius 2 is 1.03 bits per heavy atom. The van der Waals surface area contributed by atoms with Crippen molar-refractivity contribution in [3.05, 3.63) is 0 Å². The first-order valence-corrected chi connectivity index (χ1v) is 11.0. The highest BCUT2D eigenvalue weighted by Gasteiger charge is 2.48. The molecule has 2 amide bonds. The predicted molar refractivity (Wildman–Crippen MR) is 118 cm³/mol. The lowest BCUT2D eigenvalue weighted by molar-refractivity contribution is -0.127. The fraction of sp³-hybridized carbons (Fsp3) is 0.909. The van der Waals surface area contributed by atoms with Crippen LogP contribution in [0.5, 0.6) is 0 Å². The van der Waals surface area contributed by atoms with Gasteiger partial charge in [-0.15, -0.1) is 0 Å². The molecule has 2 atom stereocenters. The standard InChI is InChI=1S/C22H43N5O2/c1-19(2)13-15(21(5,6)26-19)17(28)24-11-9-23-10-12-25-18(29)16-14-20(3,4)27-22(16,7)8/h15-16,23,26-27H,9-14H2,1-8H3,(H,24,28)(H,25,29). The van der Waals surface area contributed by atoms with Crippen molar-refractivity contribution in [3.8, 4) is 0 Å². The summed E-state index contributed by atoms with van der Waals surface area (Å²) in [4.78, 5) is 25.1. The average molecular weight is 410 g/mol. The zero-order valence-corrected chi connectivity index (χ0v) is 19.7. The van der Waals surface area contributed by atoms with E-state index in [0.29, 0.717) is 26.2 Å². The number of hydrogen-bond donors (Lipinski definition) is 5. The van der Waals surface area contributed by atoms with Gasteiger partial charge >= 0.3 is 0 Å². The Labute approximate surface area is 176 Å². The summed E-state index contributed by atoms with van der Waals surface area (Å²) in [5.74, 6) is 0.178. The molecule has 2 heterocycles. The van der Waals surface area contributed by atoms with Crippen molar-refractivity contribution in [3.63, 3.8) is 0 Å². The smallest absolute Gasteiger partial charge is 0.225 e. The van der Waals surface area contributed by atoms with Crippen molar-refractivity contribution >= 4 is 11.8 Å². The van der Waals surface area contributed by atoms with E-state index in [1.165, 1.54) is 0 Å². The quantitative estimate of drug-likeness (QED) is 0.388. The summed E-state index contributed by atoms with van der Waals surface area (Å²) in [5.41, 5.74) is -0.410. The SMILES string of the molecule is CC1(C)CC(C(=O)NCCNCCNC(=O)C2CC(C)(C)NC2(C)C)C(C)(C)N1. The monoisotopic (exact) mass is 409 g/mol. The molecule has 29 heavy (non-hydrogen) atoms. The van der Waals surface area contributed by atoms with Crippen LogP contribution in [0, 0.1) is 11.8 Å². The molecule has 0 aromatic rings. The van der Waals surface area contributed by atoms with Crippen LogP contribution >= 0.6 is 0 Å². The zero-order valence-electron chi connectivity index (χ0n) is 19.7. The molecular formula is C22H43N5O2. The van der Waals surface area contributed by atoms with Crippen molar-refractivity contribution in [2.75, 3.05) is 26.2 Å². The van der Waals surface area contributed by atoms with Gasteiger partial charge in [-0.25, -0.2) is 0 Å². The number of nitrogens with one attached hydrogen (secondary N) is 5. The van der Waals surface area contributed by atoms with Crippen molar-refractivity contribution in [1.82, 2.24) is 26.6 Å². The summed E-state index contributed by atoms with van der Waals surface area (Å²) < 4.78 is 0. The molecule has 168 valence electrons. The first kappa shape index (κ1) is 24.1. The van der Waals surface area contributed by atoms with Crippen LogP contribution in [0.1, 0.15) is 68.2 Å². The first-order chi connectivity index (χ1) is 13.2. The summed E-state index contributed by atoms with van der Waals surface area (Å²) in [5, 5.41) is 16.5. The Balaban J connectivity index is 1.61. The number of hydrogen-bond acceptors (Lipinski definition) is 5. The first-order valence-electron chi connectivity index (χ1n) is 11.0. The molecule has 0 saturated carbocycles. The number of carbonyl (C=O) groups excluding carboxylic acids is 2. The van der Waals surface area contributed by atoms with E-state index in [2.05, 4.69) is 82.0 Å². The second-order valence-corrected chi connectivity index (χ2v) is 11.3. The molecule has 0 spiro atoms. The topological polar surface area (TPSA) is 94.3 Å². The highest BCUT2D eigenvalue weighted by Crippen LogP contribution is 2.36. The van der Waals surface area contributed by atoms with Gasteiger partial charge < -0.3 is 26.6 Å². The highest BCUT2D eigenvalue weighted by atomic mass is 16.2. The van der Waals surface area contributed by atoms with Gasteiger partial charge in [0.25, 0.3) is 0 Å². The summed E-state index contributed by atoms with van der Waals surface area (Å²) >= 11 is 0. The molecule has 0 aliphatic carbocycles. The zero-order chi connectivity index (χ0) is 22.1. The molecule has 0 aromatic carbocycles. The molecule has 0 bridgehead atoms. The van der Waals surface area contributed by atoms with Gasteiger partial charge in [-0.1, -0.05) is 0 Å². The van der Waals surface area contributed by atoms with E-state index in [1.54, 1.807) is 0 Å². The lowest BCUT2D eigenvalue weighted by Gasteiger charge is -2.28. The van der Waals surface area contributed by atoms with Crippen LogP contribution in [0.4, 0.5) is 0 Å². The minimum Gasteiger partial charge on any atom is -0.355 e. The van der Waals surface area contributed by atoms with E-state index in [0.717, 1.165) is 12.8 Å². The Morgan fingerprint density at radius 3 is 1.31 bits per heavy atom. The third-order valence-electron chi connectivity index (χ3n) is 6.33. The van der Waals surface area contributed by atoms with E-state index in [1.807, 2.05) is 0 Å². The van der Waals surface area contributed by atoms with Gasteiger partial charge in [-0.2, -0.15) is 0 Å². The number of amides is 2. The van der Waals surface area contributed by atoms with Crippen LogP contribution in [0.25, 0.3) is 0 Å². The predicted octanol–water partition coefficient (Wildman–Crippen LogP) is 1.14. The Morgan fingerprint density at radius 1 is 0.690 bits per heavy atom. The second kappa shape index (κ2) is 8.52. The minimum atomic E-state index is -0.192. The average Bonchev–Trinajstić information content (AvgIpc) is 2.91. The van der Waals surface area contributed by atoms with Crippen molar-refractivity contribution in [2.24, 2.45) is 11.8 Å². The molecule has 5 N–H and O–H groups in total. The van der Waals surface area contributed by atoms with Crippen LogP contribution < -0.4 is 26.6 Å². The summed E-state index contributed by atoms with van der Waals surface area (Å²) in [6.45, 7) is 19.5. The van der Waals surface area contributed by atoms with Crippen LogP contribution in [0.2, 0.25) is 0 Å². The van der Waals surface area contributed by atoms with E-state index >= 15 is 0 Å². The van der Waals surface area contributed by atoms with E-state index in [4.69, 9.17) is 0 Å². The maximum Gasteiger partial charge on any atom is 0.225 e. The second-order valence-electron chi connectivity index (χ2n) is 11.3. The van der Waals surface area contributed by atoms with Crippen molar-refractivity contribution < 1.29 is 9.59 Å².